The number of halogens is 1. The first-order valence-electron chi connectivity index (χ1n) is 8.13. The molecular formula is C18H24BrNO5. The minimum atomic E-state index is -0.793. The van der Waals surface area contributed by atoms with Gasteiger partial charge in [-0.3, -0.25) is 4.90 Å². The lowest BCUT2D eigenvalue weighted by molar-refractivity contribution is -0.162. The van der Waals surface area contributed by atoms with Crippen LogP contribution in [0.1, 0.15) is 26.3 Å². The molecule has 2 rings (SSSR count). The van der Waals surface area contributed by atoms with Gasteiger partial charge in [0.25, 0.3) is 0 Å². The number of rotatable bonds is 3. The summed E-state index contributed by atoms with van der Waals surface area (Å²) in [7, 11) is 1.30. The van der Waals surface area contributed by atoms with Crippen molar-refractivity contribution in [3.05, 3.63) is 34.3 Å². The molecule has 0 radical (unpaired) electrons. The van der Waals surface area contributed by atoms with Crippen LogP contribution in [0.5, 0.6) is 0 Å². The molecule has 0 unspecified atom stereocenters. The van der Waals surface area contributed by atoms with Crippen LogP contribution in [0.2, 0.25) is 0 Å². The maximum Gasteiger partial charge on any atom is 0.410 e. The molecule has 1 aliphatic heterocycles. The van der Waals surface area contributed by atoms with Crippen molar-refractivity contribution < 1.29 is 23.8 Å². The number of morpholine rings is 1. The van der Waals surface area contributed by atoms with Crippen molar-refractivity contribution in [1.82, 2.24) is 4.90 Å². The normalized spacial score (nSPS) is 20.9. The van der Waals surface area contributed by atoms with Gasteiger partial charge < -0.3 is 14.2 Å². The summed E-state index contributed by atoms with van der Waals surface area (Å²) in [5, 5.41) is 0. The third-order valence-electron chi connectivity index (χ3n) is 3.77. The number of nitrogens with zero attached hydrogens (tertiary/aromatic N) is 1. The van der Waals surface area contributed by atoms with E-state index in [1.54, 1.807) is 4.90 Å². The van der Waals surface area contributed by atoms with Crippen LogP contribution >= 0.6 is 15.9 Å². The molecule has 0 N–H and O–H groups in total. The van der Waals surface area contributed by atoms with Gasteiger partial charge in [0.2, 0.25) is 0 Å². The molecule has 0 spiro atoms. The molecule has 1 fully saturated rings. The molecule has 1 heterocycles. The van der Waals surface area contributed by atoms with Crippen LogP contribution < -0.4 is 0 Å². The lowest BCUT2D eigenvalue weighted by Gasteiger charge is -2.39. The van der Waals surface area contributed by atoms with Crippen molar-refractivity contribution in [2.45, 2.75) is 44.9 Å². The fraction of sp³-hybridized carbons (Fsp3) is 0.556. The molecule has 6 nitrogen and oxygen atoms in total. The zero-order valence-electron chi connectivity index (χ0n) is 15.0. The van der Waals surface area contributed by atoms with Gasteiger partial charge in [0.05, 0.1) is 26.3 Å². The van der Waals surface area contributed by atoms with Gasteiger partial charge in [-0.15, -0.1) is 0 Å². The van der Waals surface area contributed by atoms with Gasteiger partial charge >= 0.3 is 12.1 Å². The third kappa shape index (κ3) is 5.71. The van der Waals surface area contributed by atoms with Gasteiger partial charge in [-0.25, -0.2) is 9.59 Å². The Hall–Kier alpha value is -1.60. The zero-order chi connectivity index (χ0) is 18.6. The summed E-state index contributed by atoms with van der Waals surface area (Å²) in [5.74, 6) is -0.490. The van der Waals surface area contributed by atoms with Gasteiger partial charge in [-0.05, 0) is 44.9 Å². The maximum atomic E-state index is 12.6. The molecule has 1 aromatic carbocycles. The monoisotopic (exact) mass is 413 g/mol. The van der Waals surface area contributed by atoms with Crippen LogP contribution in [0.4, 0.5) is 4.79 Å². The number of esters is 1. The molecule has 1 saturated heterocycles. The van der Waals surface area contributed by atoms with Crippen LogP contribution in [0.3, 0.4) is 0 Å². The zero-order valence-corrected chi connectivity index (χ0v) is 16.5. The largest absolute Gasteiger partial charge is 0.467 e. The first-order chi connectivity index (χ1) is 11.7. The van der Waals surface area contributed by atoms with Crippen molar-refractivity contribution in [1.29, 1.82) is 0 Å². The van der Waals surface area contributed by atoms with E-state index in [2.05, 4.69) is 15.9 Å². The number of amides is 1. The second-order valence-corrected chi connectivity index (χ2v) is 7.88. The Morgan fingerprint density at radius 3 is 2.48 bits per heavy atom. The summed E-state index contributed by atoms with van der Waals surface area (Å²) in [4.78, 5) is 26.0. The second-order valence-electron chi connectivity index (χ2n) is 6.96. The highest BCUT2D eigenvalue weighted by Gasteiger charge is 2.38. The Labute approximate surface area is 156 Å². The molecule has 25 heavy (non-hydrogen) atoms. The van der Waals surface area contributed by atoms with Crippen molar-refractivity contribution in [3.63, 3.8) is 0 Å². The molecule has 2 atom stereocenters. The van der Waals surface area contributed by atoms with Crippen LogP contribution in [-0.4, -0.2) is 55.0 Å². The van der Waals surface area contributed by atoms with Crippen molar-refractivity contribution in [2.24, 2.45) is 0 Å². The number of hydrogen-bond acceptors (Lipinski definition) is 5. The molecule has 1 aromatic rings. The Morgan fingerprint density at radius 2 is 1.92 bits per heavy atom. The summed E-state index contributed by atoms with van der Waals surface area (Å²) >= 11 is 3.41. The van der Waals surface area contributed by atoms with E-state index >= 15 is 0 Å². The molecule has 0 saturated carbocycles. The number of methoxy groups -OCH3 is 1. The first-order valence-corrected chi connectivity index (χ1v) is 8.92. The van der Waals surface area contributed by atoms with E-state index in [0.717, 1.165) is 10.0 Å². The molecule has 7 heteroatoms. The van der Waals surface area contributed by atoms with Crippen LogP contribution in [0.25, 0.3) is 0 Å². The number of carbonyl (C=O) groups is 2. The highest BCUT2D eigenvalue weighted by molar-refractivity contribution is 9.10. The molecular weight excluding hydrogens is 390 g/mol. The van der Waals surface area contributed by atoms with Gasteiger partial charge in [-0.2, -0.15) is 0 Å². The highest BCUT2D eigenvalue weighted by Crippen LogP contribution is 2.21. The summed E-state index contributed by atoms with van der Waals surface area (Å²) in [6.45, 7) is 5.80. The summed E-state index contributed by atoms with van der Waals surface area (Å²) in [6, 6.07) is 7.67. The lowest BCUT2D eigenvalue weighted by Crippen LogP contribution is -2.56. The fourth-order valence-electron chi connectivity index (χ4n) is 2.58. The number of carbonyl (C=O) groups excluding carboxylic acids is 2. The predicted molar refractivity (Wildman–Crippen MR) is 96.3 cm³/mol. The van der Waals surface area contributed by atoms with E-state index in [1.165, 1.54) is 7.11 Å². The average Bonchev–Trinajstić information content (AvgIpc) is 2.55. The van der Waals surface area contributed by atoms with Gasteiger partial charge in [0, 0.05) is 4.47 Å². The summed E-state index contributed by atoms with van der Waals surface area (Å²) in [6.07, 6.45) is -0.633. The number of benzene rings is 1. The Morgan fingerprint density at radius 1 is 1.28 bits per heavy atom. The van der Waals surface area contributed by atoms with E-state index < -0.39 is 23.8 Å². The van der Waals surface area contributed by atoms with Crippen molar-refractivity contribution >= 4 is 28.0 Å². The second kappa shape index (κ2) is 8.19. The molecule has 1 aliphatic rings. The van der Waals surface area contributed by atoms with Crippen LogP contribution in [0.15, 0.2) is 28.7 Å². The maximum absolute atomic E-state index is 12.6. The van der Waals surface area contributed by atoms with E-state index in [-0.39, 0.29) is 19.2 Å². The Kier molecular flexibility index (Phi) is 6.46. The fourth-order valence-corrected chi connectivity index (χ4v) is 2.84. The molecule has 0 aromatic heterocycles. The first kappa shape index (κ1) is 19.7. The SMILES string of the molecule is COC(=O)[C@H]1CN(C(=O)OC(C)(C)C)[C@@H](Cc2ccc(Br)cc2)CO1. The van der Waals surface area contributed by atoms with E-state index in [0.29, 0.717) is 6.42 Å². The van der Waals surface area contributed by atoms with Gasteiger partial charge in [0.15, 0.2) is 6.10 Å². The quantitative estimate of drug-likeness (QED) is 0.711. The molecule has 0 bridgehead atoms. The predicted octanol–water partition coefficient (Wildman–Crippen LogP) is 3.17. The minimum absolute atomic E-state index is 0.114. The van der Waals surface area contributed by atoms with Gasteiger partial charge in [0.1, 0.15) is 5.60 Å². The Bertz CT molecular complexity index is 611. The molecule has 0 aliphatic carbocycles. The molecule has 138 valence electrons. The average molecular weight is 414 g/mol. The van der Waals surface area contributed by atoms with E-state index in [4.69, 9.17) is 14.2 Å². The smallest absolute Gasteiger partial charge is 0.410 e. The summed E-state index contributed by atoms with van der Waals surface area (Å²) in [5.41, 5.74) is 0.458. The van der Waals surface area contributed by atoms with E-state index in [1.807, 2.05) is 45.0 Å². The summed E-state index contributed by atoms with van der Waals surface area (Å²) < 4.78 is 16.8. The standard InChI is InChI=1S/C18H24BrNO5/c1-18(2,3)25-17(22)20-10-15(16(21)23-4)24-11-14(20)9-12-5-7-13(19)8-6-12/h5-8,14-15H,9-11H2,1-4H3/t14-,15+/m0/s1. The topological polar surface area (TPSA) is 65.1 Å². The minimum Gasteiger partial charge on any atom is -0.467 e. The van der Waals surface area contributed by atoms with Crippen LogP contribution in [0, 0.1) is 0 Å². The Balaban J connectivity index is 2.15. The van der Waals surface area contributed by atoms with Crippen molar-refractivity contribution in [2.75, 3.05) is 20.3 Å². The number of ether oxygens (including phenoxy) is 3. The third-order valence-corrected chi connectivity index (χ3v) is 4.30. The number of hydrogen-bond donors (Lipinski definition) is 0. The highest BCUT2D eigenvalue weighted by atomic mass is 79.9. The van der Waals surface area contributed by atoms with Gasteiger partial charge in [-0.1, -0.05) is 28.1 Å². The molecule has 1 amide bonds. The van der Waals surface area contributed by atoms with Crippen LogP contribution in [-0.2, 0) is 25.4 Å². The lowest BCUT2D eigenvalue weighted by atomic mass is 10.0. The van der Waals surface area contributed by atoms with E-state index in [9.17, 15) is 9.59 Å². The van der Waals surface area contributed by atoms with Crippen molar-refractivity contribution in [3.8, 4) is 0 Å².